The molecule has 0 saturated carbocycles. The predicted octanol–water partition coefficient (Wildman–Crippen LogP) is 1.74. The largest absolute Gasteiger partial charge is 0.496 e. The SMILES string of the molecule is COc1cc(CNNC(=O)C(F)(F)F)ccc1CN(c1cccnc1)S(C)(=O)=O. The summed E-state index contributed by atoms with van der Waals surface area (Å²) in [5, 5.41) is 0. The number of carbonyl (C=O) groups excluding carboxylic acids is 1. The van der Waals surface area contributed by atoms with Gasteiger partial charge in [0, 0.05) is 18.3 Å². The Morgan fingerprint density at radius 1 is 1.28 bits per heavy atom. The summed E-state index contributed by atoms with van der Waals surface area (Å²) < 4.78 is 67.4. The van der Waals surface area contributed by atoms with E-state index in [1.165, 1.54) is 25.6 Å². The fraction of sp³-hybridized carbons (Fsp3) is 0.294. The maximum Gasteiger partial charge on any atom is 0.472 e. The van der Waals surface area contributed by atoms with Gasteiger partial charge >= 0.3 is 12.1 Å². The van der Waals surface area contributed by atoms with Crippen molar-refractivity contribution in [3.05, 3.63) is 53.9 Å². The molecule has 1 aromatic heterocycles. The number of amides is 1. The zero-order valence-electron chi connectivity index (χ0n) is 15.5. The number of carbonyl (C=O) groups is 1. The summed E-state index contributed by atoms with van der Waals surface area (Å²) >= 11 is 0. The summed E-state index contributed by atoms with van der Waals surface area (Å²) in [5.74, 6) is -1.77. The minimum Gasteiger partial charge on any atom is -0.496 e. The van der Waals surface area contributed by atoms with Gasteiger partial charge in [0.1, 0.15) is 5.75 Å². The van der Waals surface area contributed by atoms with E-state index in [1.54, 1.807) is 29.7 Å². The number of hydrazine groups is 1. The summed E-state index contributed by atoms with van der Waals surface area (Å²) in [4.78, 5) is 14.7. The number of benzene rings is 1. The number of ether oxygens (including phenoxy) is 1. The smallest absolute Gasteiger partial charge is 0.472 e. The number of nitrogens with zero attached hydrogens (tertiary/aromatic N) is 2. The molecule has 2 aromatic rings. The lowest BCUT2D eigenvalue weighted by atomic mass is 10.1. The highest BCUT2D eigenvalue weighted by atomic mass is 32.2. The normalized spacial score (nSPS) is 11.8. The third-order valence-electron chi connectivity index (χ3n) is 3.75. The van der Waals surface area contributed by atoms with Crippen LogP contribution in [-0.2, 0) is 27.9 Å². The van der Waals surface area contributed by atoms with Crippen LogP contribution in [-0.4, -0.2) is 38.9 Å². The molecule has 1 heterocycles. The quantitative estimate of drug-likeness (QED) is 0.617. The predicted molar refractivity (Wildman–Crippen MR) is 99.3 cm³/mol. The number of aromatic nitrogens is 1. The molecule has 0 saturated heterocycles. The summed E-state index contributed by atoms with van der Waals surface area (Å²) in [6.07, 6.45) is -0.997. The van der Waals surface area contributed by atoms with E-state index in [9.17, 15) is 26.4 Å². The first kappa shape index (κ1) is 22.4. The molecule has 0 atom stereocenters. The van der Waals surface area contributed by atoms with Gasteiger partial charge in [-0.3, -0.25) is 19.5 Å². The second-order valence-corrected chi connectivity index (χ2v) is 7.84. The van der Waals surface area contributed by atoms with E-state index in [1.807, 2.05) is 0 Å². The molecule has 2 rings (SSSR count). The van der Waals surface area contributed by atoms with E-state index >= 15 is 0 Å². The average molecular weight is 432 g/mol. The molecule has 0 spiro atoms. The summed E-state index contributed by atoms with van der Waals surface area (Å²) in [5.41, 5.74) is 5.15. The highest BCUT2D eigenvalue weighted by Crippen LogP contribution is 2.26. The van der Waals surface area contributed by atoms with Gasteiger partial charge in [0.05, 0.1) is 31.8 Å². The summed E-state index contributed by atoms with van der Waals surface area (Å²) in [6, 6.07) is 7.91. The molecular weight excluding hydrogens is 413 g/mol. The van der Waals surface area contributed by atoms with Crippen LogP contribution >= 0.6 is 0 Å². The Balaban J connectivity index is 2.16. The van der Waals surface area contributed by atoms with Crippen molar-refractivity contribution in [2.24, 2.45) is 0 Å². The lowest BCUT2D eigenvalue weighted by Crippen LogP contribution is -2.44. The van der Waals surface area contributed by atoms with Crippen molar-refractivity contribution in [1.82, 2.24) is 15.8 Å². The van der Waals surface area contributed by atoms with E-state index in [0.717, 1.165) is 10.6 Å². The lowest BCUT2D eigenvalue weighted by molar-refractivity contribution is -0.174. The Morgan fingerprint density at radius 3 is 2.55 bits per heavy atom. The van der Waals surface area contributed by atoms with E-state index < -0.39 is 22.1 Å². The average Bonchev–Trinajstić information content (AvgIpc) is 2.65. The monoisotopic (exact) mass is 432 g/mol. The van der Waals surface area contributed by atoms with Crippen LogP contribution in [0.5, 0.6) is 5.75 Å². The molecule has 0 aliphatic rings. The number of hydrogen-bond donors (Lipinski definition) is 2. The molecule has 0 fully saturated rings. The first-order valence-electron chi connectivity index (χ1n) is 8.16. The van der Waals surface area contributed by atoms with Gasteiger partial charge < -0.3 is 4.74 Å². The Bertz CT molecular complexity index is 953. The minimum atomic E-state index is -4.99. The third kappa shape index (κ3) is 6.32. The molecule has 158 valence electrons. The number of alkyl halides is 3. The molecule has 1 aromatic carbocycles. The zero-order valence-corrected chi connectivity index (χ0v) is 16.3. The Hall–Kier alpha value is -2.86. The van der Waals surface area contributed by atoms with Crippen LogP contribution in [0.2, 0.25) is 0 Å². The molecule has 0 aliphatic carbocycles. The molecule has 2 N–H and O–H groups in total. The fourth-order valence-electron chi connectivity index (χ4n) is 2.38. The molecule has 1 amide bonds. The van der Waals surface area contributed by atoms with E-state index in [0.29, 0.717) is 22.6 Å². The molecule has 0 unspecified atom stereocenters. The molecule has 12 heteroatoms. The van der Waals surface area contributed by atoms with Crippen molar-refractivity contribution in [3.63, 3.8) is 0 Å². The summed E-state index contributed by atoms with van der Waals surface area (Å²) in [6.45, 7) is -0.136. The van der Waals surface area contributed by atoms with Crippen LogP contribution in [0.25, 0.3) is 0 Å². The van der Waals surface area contributed by atoms with Gasteiger partial charge in [-0.2, -0.15) is 13.2 Å². The maximum absolute atomic E-state index is 12.2. The topological polar surface area (TPSA) is 101 Å². The highest BCUT2D eigenvalue weighted by molar-refractivity contribution is 7.92. The van der Waals surface area contributed by atoms with Crippen molar-refractivity contribution in [2.45, 2.75) is 19.3 Å². The molecular formula is C17H19F3N4O4S. The minimum absolute atomic E-state index is 0.0355. The Kier molecular flexibility index (Phi) is 7.03. The number of sulfonamides is 1. The maximum atomic E-state index is 12.2. The van der Waals surface area contributed by atoms with E-state index in [4.69, 9.17) is 4.74 Å². The molecule has 0 aliphatic heterocycles. The lowest BCUT2D eigenvalue weighted by Gasteiger charge is -2.23. The highest BCUT2D eigenvalue weighted by Gasteiger charge is 2.38. The fourth-order valence-corrected chi connectivity index (χ4v) is 3.25. The standard InChI is InChI=1S/C17H19F3N4O4S/c1-28-15-8-12(9-22-23-16(25)17(18,19)20)5-6-13(15)11-24(29(2,26)27)14-4-3-7-21-10-14/h3-8,10,22H,9,11H2,1-2H3,(H,23,25). The van der Waals surface area contributed by atoms with Crippen LogP contribution in [0.1, 0.15) is 11.1 Å². The Morgan fingerprint density at radius 2 is 2.00 bits per heavy atom. The van der Waals surface area contributed by atoms with Gasteiger partial charge in [-0.05, 0) is 23.8 Å². The number of hydrogen-bond acceptors (Lipinski definition) is 6. The summed E-state index contributed by atoms with van der Waals surface area (Å²) in [7, 11) is -2.23. The van der Waals surface area contributed by atoms with Gasteiger partial charge in [-0.1, -0.05) is 12.1 Å². The van der Waals surface area contributed by atoms with Crippen LogP contribution in [0.3, 0.4) is 0 Å². The van der Waals surface area contributed by atoms with E-state index in [2.05, 4.69) is 10.4 Å². The zero-order chi connectivity index (χ0) is 21.7. The molecule has 29 heavy (non-hydrogen) atoms. The number of nitrogens with one attached hydrogen (secondary N) is 2. The van der Waals surface area contributed by atoms with Gasteiger partial charge in [0.15, 0.2) is 0 Å². The van der Waals surface area contributed by atoms with E-state index in [-0.39, 0.29) is 13.1 Å². The second-order valence-electron chi connectivity index (χ2n) is 5.93. The van der Waals surface area contributed by atoms with Crippen molar-refractivity contribution in [1.29, 1.82) is 0 Å². The van der Waals surface area contributed by atoms with Crippen LogP contribution in [0.4, 0.5) is 18.9 Å². The van der Waals surface area contributed by atoms with Gasteiger partial charge in [-0.25, -0.2) is 13.8 Å². The van der Waals surface area contributed by atoms with Crippen LogP contribution in [0.15, 0.2) is 42.7 Å². The molecule has 0 radical (unpaired) electrons. The van der Waals surface area contributed by atoms with Crippen LogP contribution in [0, 0.1) is 0 Å². The van der Waals surface area contributed by atoms with Crippen molar-refractivity contribution >= 4 is 21.6 Å². The molecule has 8 nitrogen and oxygen atoms in total. The first-order valence-corrected chi connectivity index (χ1v) is 10.0. The van der Waals surface area contributed by atoms with Gasteiger partial charge in [0.2, 0.25) is 10.0 Å². The first-order chi connectivity index (χ1) is 13.5. The number of anilines is 1. The number of pyridine rings is 1. The number of methoxy groups -OCH3 is 1. The van der Waals surface area contributed by atoms with Gasteiger partial charge in [-0.15, -0.1) is 0 Å². The van der Waals surface area contributed by atoms with Crippen LogP contribution < -0.4 is 19.9 Å². The number of halogens is 3. The molecule has 0 bridgehead atoms. The van der Waals surface area contributed by atoms with Gasteiger partial charge in [0.25, 0.3) is 0 Å². The van der Waals surface area contributed by atoms with Crippen molar-refractivity contribution < 1.29 is 31.1 Å². The Labute approximate surface area is 165 Å². The van der Waals surface area contributed by atoms with Crippen molar-refractivity contribution in [2.75, 3.05) is 17.7 Å². The second kappa shape index (κ2) is 9.09. The third-order valence-corrected chi connectivity index (χ3v) is 4.89. The van der Waals surface area contributed by atoms with Crippen molar-refractivity contribution in [3.8, 4) is 5.75 Å². The number of rotatable bonds is 8.